The van der Waals surface area contributed by atoms with Crippen LogP contribution in [0.5, 0.6) is 0 Å². The van der Waals surface area contributed by atoms with Crippen LogP contribution in [0.15, 0.2) is 0 Å². The standard InChI is InChI=1S/Ba.H2O.O.Zr/h;1H2;;/q+2;;-2;+4/p-1. The van der Waals surface area contributed by atoms with Crippen LogP contribution < -0.4 is 0 Å². The first-order chi connectivity index (χ1) is 0. The van der Waals surface area contributed by atoms with Gasteiger partial charge in [0.2, 0.25) is 0 Å². The molecule has 0 fully saturated rings. The van der Waals surface area contributed by atoms with Crippen LogP contribution in [0.3, 0.4) is 0 Å². The Kier molecular flexibility index (Phi) is 149. The van der Waals surface area contributed by atoms with Crippen molar-refractivity contribution >= 4 is 48.9 Å². The van der Waals surface area contributed by atoms with Gasteiger partial charge in [0.25, 0.3) is 0 Å². The zero-order valence-electron chi connectivity index (χ0n) is 2.06. The predicted molar refractivity (Wildman–Crippen MR) is 8.38 cm³/mol. The molecule has 0 atom stereocenters. The zero-order valence-corrected chi connectivity index (χ0v) is 8.96. The fraction of sp³-hybridized carbons (Fsp3) is 0. The Morgan fingerprint density at radius 1 is 1.00 bits per heavy atom. The van der Waals surface area contributed by atoms with E-state index in [4.69, 9.17) is 0 Å². The Labute approximate surface area is 84.2 Å². The minimum absolute atomic E-state index is 0. The smallest absolute Gasteiger partial charge is 2.00 e. The monoisotopic (exact) mass is 261 g/mol. The molecule has 16 valence electrons. The minimum Gasteiger partial charge on any atom is -2.00 e. The first-order valence-electron chi connectivity index (χ1n) is 0. The molecule has 0 saturated heterocycles. The van der Waals surface area contributed by atoms with Crippen molar-refractivity contribution in [2.24, 2.45) is 0 Å². The molecular formula is HBaO2Zr+3. The van der Waals surface area contributed by atoms with Crippen molar-refractivity contribution in [3.8, 4) is 0 Å². The van der Waals surface area contributed by atoms with Crippen molar-refractivity contribution in [2.45, 2.75) is 0 Å². The summed E-state index contributed by atoms with van der Waals surface area (Å²) in [5.41, 5.74) is 0. The average Bonchev–Trinajstić information content (AvgIpc) is 0. The molecule has 0 radical (unpaired) electrons. The summed E-state index contributed by atoms with van der Waals surface area (Å²) in [6.07, 6.45) is 0. The van der Waals surface area contributed by atoms with Gasteiger partial charge in [-0.15, -0.1) is 0 Å². The fourth-order valence-electron chi connectivity index (χ4n) is 0. The van der Waals surface area contributed by atoms with E-state index in [0.29, 0.717) is 0 Å². The number of hydrogen-bond donors (Lipinski definition) is 0. The maximum absolute atomic E-state index is 0. The summed E-state index contributed by atoms with van der Waals surface area (Å²) in [7, 11) is 0. The van der Waals surface area contributed by atoms with Gasteiger partial charge in [0, 0.05) is 0 Å². The van der Waals surface area contributed by atoms with Crippen molar-refractivity contribution in [3.05, 3.63) is 0 Å². The SMILES string of the molecule is [Ba+2].[O-2].[OH-].[Zr+4]. The van der Waals surface area contributed by atoms with Gasteiger partial charge in [-0.05, 0) is 0 Å². The van der Waals surface area contributed by atoms with Gasteiger partial charge in [-0.2, -0.15) is 0 Å². The molecule has 2 nitrogen and oxygen atoms in total. The van der Waals surface area contributed by atoms with E-state index in [1.807, 2.05) is 0 Å². The Balaban J connectivity index is 0. The van der Waals surface area contributed by atoms with Gasteiger partial charge >= 0.3 is 75.1 Å². The van der Waals surface area contributed by atoms with Crippen LogP contribution in [0.1, 0.15) is 0 Å². The summed E-state index contributed by atoms with van der Waals surface area (Å²) in [4.78, 5) is 0. The first-order valence-corrected chi connectivity index (χ1v) is 0. The zero-order chi connectivity index (χ0) is 0. The van der Waals surface area contributed by atoms with Crippen LogP contribution in [0, 0.1) is 0 Å². The molecule has 0 saturated carbocycles. The van der Waals surface area contributed by atoms with Gasteiger partial charge in [-0.3, -0.25) is 0 Å². The van der Waals surface area contributed by atoms with Crippen LogP contribution in [0.4, 0.5) is 0 Å². The van der Waals surface area contributed by atoms with Crippen molar-refractivity contribution in [2.75, 3.05) is 0 Å². The van der Waals surface area contributed by atoms with Crippen molar-refractivity contribution in [3.63, 3.8) is 0 Å². The van der Waals surface area contributed by atoms with Crippen molar-refractivity contribution in [1.29, 1.82) is 0 Å². The fourth-order valence-corrected chi connectivity index (χ4v) is 0. The van der Waals surface area contributed by atoms with Crippen LogP contribution in [-0.4, -0.2) is 54.4 Å². The molecular weight excluding hydrogens is 261 g/mol. The van der Waals surface area contributed by atoms with Crippen molar-refractivity contribution < 1.29 is 37.2 Å². The van der Waals surface area contributed by atoms with Crippen molar-refractivity contribution in [1.82, 2.24) is 0 Å². The molecule has 0 rings (SSSR count). The summed E-state index contributed by atoms with van der Waals surface area (Å²) in [5, 5.41) is 0. The molecule has 0 aliphatic carbocycles. The molecule has 4 heteroatoms. The summed E-state index contributed by atoms with van der Waals surface area (Å²) >= 11 is 0. The summed E-state index contributed by atoms with van der Waals surface area (Å²) < 4.78 is 0. The van der Waals surface area contributed by atoms with E-state index in [9.17, 15) is 0 Å². The van der Waals surface area contributed by atoms with Crippen LogP contribution in [-0.2, 0) is 31.7 Å². The normalized spacial score (nSPS) is 0. The third-order valence-corrected chi connectivity index (χ3v) is 0. The van der Waals surface area contributed by atoms with Gasteiger partial charge in [-0.25, -0.2) is 0 Å². The third-order valence-electron chi connectivity index (χ3n) is 0. The van der Waals surface area contributed by atoms with Crippen LogP contribution >= 0.6 is 0 Å². The summed E-state index contributed by atoms with van der Waals surface area (Å²) in [5.74, 6) is 0. The van der Waals surface area contributed by atoms with Crippen LogP contribution in [0.25, 0.3) is 0 Å². The number of rotatable bonds is 0. The molecule has 0 spiro atoms. The maximum atomic E-state index is 0. The van der Waals surface area contributed by atoms with E-state index in [1.165, 1.54) is 0 Å². The second-order valence-corrected chi connectivity index (χ2v) is 0. The molecule has 0 aliphatic heterocycles. The Bertz CT molecular complexity index is 6.00. The summed E-state index contributed by atoms with van der Waals surface area (Å²) in [6, 6.07) is 0. The van der Waals surface area contributed by atoms with E-state index in [0.717, 1.165) is 0 Å². The van der Waals surface area contributed by atoms with E-state index >= 15 is 0 Å². The molecule has 0 aliphatic rings. The second kappa shape index (κ2) is 18.2. The Morgan fingerprint density at radius 3 is 1.00 bits per heavy atom. The molecule has 0 aromatic carbocycles. The third kappa shape index (κ3) is 8.83. The average molecular weight is 262 g/mol. The Morgan fingerprint density at radius 2 is 1.00 bits per heavy atom. The van der Waals surface area contributed by atoms with Gasteiger partial charge in [0.05, 0.1) is 0 Å². The minimum atomic E-state index is 0. The molecule has 0 aromatic heterocycles. The molecule has 0 unspecified atom stereocenters. The van der Waals surface area contributed by atoms with E-state index in [2.05, 4.69) is 0 Å². The summed E-state index contributed by atoms with van der Waals surface area (Å²) in [6.45, 7) is 0. The van der Waals surface area contributed by atoms with E-state index < -0.39 is 0 Å². The second-order valence-electron chi connectivity index (χ2n) is 0. The molecule has 0 bridgehead atoms. The van der Waals surface area contributed by atoms with Gasteiger partial charge in [0.15, 0.2) is 0 Å². The molecule has 0 amide bonds. The van der Waals surface area contributed by atoms with E-state index in [-0.39, 0.29) is 86.0 Å². The predicted octanol–water partition coefficient (Wildman–Crippen LogP) is -0.679. The largest absolute Gasteiger partial charge is 4.00 e. The molecule has 0 aromatic rings. The quantitative estimate of drug-likeness (QED) is 0.533. The topological polar surface area (TPSA) is 58.5 Å². The number of hydrogen-bond acceptors (Lipinski definition) is 1. The van der Waals surface area contributed by atoms with Gasteiger partial charge in [0.1, 0.15) is 0 Å². The molecule has 4 heavy (non-hydrogen) atoms. The van der Waals surface area contributed by atoms with Gasteiger partial charge < -0.3 is 11.0 Å². The molecule has 0 heterocycles. The first kappa shape index (κ1) is 32.7. The van der Waals surface area contributed by atoms with Gasteiger partial charge in [-0.1, -0.05) is 0 Å². The molecule has 1 N–H and O–H groups in total. The van der Waals surface area contributed by atoms with Crippen LogP contribution in [0.2, 0.25) is 0 Å². The van der Waals surface area contributed by atoms with E-state index in [1.54, 1.807) is 0 Å². The maximum Gasteiger partial charge on any atom is 4.00 e. The Hall–Kier alpha value is 2.37.